The van der Waals surface area contributed by atoms with Crippen LogP contribution in [0.25, 0.3) is 59.4 Å². The topological polar surface area (TPSA) is 34.6 Å². The molecule has 0 heterocycles. The van der Waals surface area contributed by atoms with Gasteiger partial charge in [-0.25, -0.2) is 4.85 Å². The third kappa shape index (κ3) is 6.65. The summed E-state index contributed by atoms with van der Waals surface area (Å²) < 4.78 is 0. The Morgan fingerprint density at radius 3 is 1.11 bits per heavy atom. The lowest BCUT2D eigenvalue weighted by Gasteiger charge is -2.31. The summed E-state index contributed by atoms with van der Waals surface area (Å²) in [5.41, 5.74) is 16.6. The van der Waals surface area contributed by atoms with Crippen LogP contribution in [0.15, 0.2) is 182 Å². The molecule has 0 aliphatic heterocycles. The van der Waals surface area contributed by atoms with Crippen LogP contribution in [0.4, 0.5) is 39.8 Å². The summed E-state index contributed by atoms with van der Waals surface area (Å²) in [5.74, 6) is 0. The molecule has 10 aromatic rings. The van der Waals surface area contributed by atoms with Crippen molar-refractivity contribution in [3.05, 3.63) is 221 Å². The summed E-state index contributed by atoms with van der Waals surface area (Å²) in [7, 11) is 0. The van der Waals surface area contributed by atoms with Gasteiger partial charge in [0.1, 0.15) is 0 Å². The van der Waals surface area contributed by atoms with Crippen LogP contribution in [0.5, 0.6) is 0 Å². The van der Waals surface area contributed by atoms with Gasteiger partial charge in [0.25, 0.3) is 0 Å². The Labute approximate surface area is 363 Å². The maximum Gasteiger partial charge on any atom is 0.187 e. The lowest BCUT2D eigenvalue weighted by atomic mass is 9.85. The van der Waals surface area contributed by atoms with Gasteiger partial charge in [-0.3, -0.25) is 0 Å². The second kappa shape index (κ2) is 15.4. The Morgan fingerprint density at radius 1 is 0.419 bits per heavy atom. The van der Waals surface area contributed by atoms with Gasteiger partial charge in [-0.05, 0) is 156 Å². The van der Waals surface area contributed by atoms with Crippen LogP contribution in [0.2, 0.25) is 0 Å². The average molecular weight is 795 g/mol. The van der Waals surface area contributed by atoms with Crippen molar-refractivity contribution in [1.29, 1.82) is 5.26 Å². The normalized spacial score (nSPS) is 11.2. The molecule has 0 aromatic heterocycles. The summed E-state index contributed by atoms with van der Waals surface area (Å²) in [4.78, 5) is 8.53. The highest BCUT2D eigenvalue weighted by Gasteiger charge is 2.26. The van der Waals surface area contributed by atoms with Crippen LogP contribution in [-0.4, -0.2) is 0 Å². The van der Waals surface area contributed by atoms with Crippen LogP contribution in [0, 0.1) is 45.6 Å². The average Bonchev–Trinajstić information content (AvgIpc) is 3.29. The van der Waals surface area contributed by atoms with Gasteiger partial charge < -0.3 is 9.80 Å². The lowest BCUT2D eigenvalue weighted by Crippen LogP contribution is -2.12. The van der Waals surface area contributed by atoms with Crippen LogP contribution in [0.1, 0.15) is 27.8 Å². The molecule has 0 fully saturated rings. The van der Waals surface area contributed by atoms with Gasteiger partial charge in [0.05, 0.1) is 29.6 Å². The van der Waals surface area contributed by atoms with Crippen molar-refractivity contribution in [3.63, 3.8) is 0 Å². The molecule has 4 heteroatoms. The van der Waals surface area contributed by atoms with E-state index in [1.807, 2.05) is 24.3 Å². The summed E-state index contributed by atoms with van der Waals surface area (Å²) >= 11 is 0. The minimum Gasteiger partial charge on any atom is -0.310 e. The highest BCUT2D eigenvalue weighted by molar-refractivity contribution is 6.32. The van der Waals surface area contributed by atoms with Gasteiger partial charge in [0, 0.05) is 44.3 Å². The maximum atomic E-state index is 9.81. The Balaban J connectivity index is 1.39. The van der Waals surface area contributed by atoms with E-state index < -0.39 is 0 Å². The Hall–Kier alpha value is -8.18. The molecule has 0 saturated heterocycles. The highest BCUT2D eigenvalue weighted by Crippen LogP contribution is 2.52. The van der Waals surface area contributed by atoms with Crippen molar-refractivity contribution in [1.82, 2.24) is 0 Å². The molecular weight excluding hydrogens is 753 g/mol. The lowest BCUT2D eigenvalue weighted by molar-refractivity contribution is 1.27. The third-order valence-electron chi connectivity index (χ3n) is 12.0. The molecular formula is C58H42N4. The molecule has 0 radical (unpaired) electrons. The molecule has 62 heavy (non-hydrogen) atoms. The number of anilines is 6. The second-order valence-corrected chi connectivity index (χ2v) is 16.3. The summed E-state index contributed by atoms with van der Waals surface area (Å²) in [6.45, 7) is 16.3. The van der Waals surface area contributed by atoms with Gasteiger partial charge in [-0.15, -0.1) is 0 Å². The van der Waals surface area contributed by atoms with E-state index in [9.17, 15) is 5.26 Å². The SMILES string of the molecule is [C-]#[N+]c1ccc(-c2cc(N(c3cccc(C)c3)c3cccc(C)c3)c3ccc4c(-c5ccc(C#N)cc5)cc(N(c5cccc(C)c5)c5cccc(C)c5)c5ccc2c3c45)cc1. The molecule has 10 aromatic carbocycles. The largest absolute Gasteiger partial charge is 0.310 e. The predicted octanol–water partition coefficient (Wildman–Crippen LogP) is 16.5. The monoisotopic (exact) mass is 794 g/mol. The van der Waals surface area contributed by atoms with Crippen molar-refractivity contribution >= 4 is 72.1 Å². The minimum atomic E-state index is 0.608. The number of hydrogen-bond donors (Lipinski definition) is 0. The van der Waals surface area contributed by atoms with Crippen molar-refractivity contribution < 1.29 is 0 Å². The molecule has 294 valence electrons. The predicted molar refractivity (Wildman–Crippen MR) is 260 cm³/mol. The van der Waals surface area contributed by atoms with Crippen molar-refractivity contribution in [2.45, 2.75) is 27.7 Å². The Morgan fingerprint density at radius 2 is 0.774 bits per heavy atom. The van der Waals surface area contributed by atoms with E-state index in [0.29, 0.717) is 11.3 Å². The quantitative estimate of drug-likeness (QED) is 0.113. The van der Waals surface area contributed by atoms with Gasteiger partial charge in [-0.2, -0.15) is 5.26 Å². The summed E-state index contributed by atoms with van der Waals surface area (Å²) in [6, 6.07) is 67.1. The van der Waals surface area contributed by atoms with E-state index in [2.05, 4.69) is 206 Å². The molecule has 0 bridgehead atoms. The molecule has 0 N–H and O–H groups in total. The molecule has 0 unspecified atom stereocenters. The van der Waals surface area contributed by atoms with E-state index in [4.69, 9.17) is 6.57 Å². The van der Waals surface area contributed by atoms with E-state index in [0.717, 1.165) is 88.7 Å². The van der Waals surface area contributed by atoms with Gasteiger partial charge in [0.15, 0.2) is 5.69 Å². The number of rotatable bonds is 8. The van der Waals surface area contributed by atoms with E-state index in [-0.39, 0.29) is 0 Å². The first-order valence-corrected chi connectivity index (χ1v) is 20.9. The molecule has 4 nitrogen and oxygen atoms in total. The molecule has 10 rings (SSSR count). The van der Waals surface area contributed by atoms with Crippen molar-refractivity contribution in [2.75, 3.05) is 9.80 Å². The fourth-order valence-corrected chi connectivity index (χ4v) is 9.17. The van der Waals surface area contributed by atoms with Crippen molar-refractivity contribution in [2.24, 2.45) is 0 Å². The highest BCUT2D eigenvalue weighted by atomic mass is 15.1. The first kappa shape index (κ1) is 38.0. The zero-order valence-corrected chi connectivity index (χ0v) is 35.1. The molecule has 0 aliphatic rings. The fourth-order valence-electron chi connectivity index (χ4n) is 9.17. The van der Waals surface area contributed by atoms with E-state index >= 15 is 0 Å². The molecule has 0 atom stereocenters. The summed E-state index contributed by atoms with van der Waals surface area (Å²) in [5, 5.41) is 16.7. The number of aryl methyl sites for hydroxylation is 4. The van der Waals surface area contributed by atoms with E-state index in [1.54, 1.807) is 0 Å². The number of nitriles is 1. The van der Waals surface area contributed by atoms with Gasteiger partial charge in [0.2, 0.25) is 0 Å². The maximum absolute atomic E-state index is 9.81. The van der Waals surface area contributed by atoms with Gasteiger partial charge in [-0.1, -0.05) is 109 Å². The molecule has 0 saturated carbocycles. The van der Waals surface area contributed by atoms with Crippen LogP contribution < -0.4 is 9.80 Å². The van der Waals surface area contributed by atoms with Crippen LogP contribution in [-0.2, 0) is 0 Å². The first-order chi connectivity index (χ1) is 30.3. The fraction of sp³-hybridized carbons (Fsp3) is 0.0690. The summed E-state index contributed by atoms with van der Waals surface area (Å²) in [6.07, 6.45) is 0. The zero-order valence-electron chi connectivity index (χ0n) is 35.1. The number of hydrogen-bond acceptors (Lipinski definition) is 3. The van der Waals surface area contributed by atoms with Crippen LogP contribution >= 0.6 is 0 Å². The Kier molecular flexibility index (Phi) is 9.48. The number of nitrogens with zero attached hydrogens (tertiary/aromatic N) is 4. The minimum absolute atomic E-state index is 0.608. The second-order valence-electron chi connectivity index (χ2n) is 16.3. The van der Waals surface area contributed by atoms with E-state index in [1.165, 1.54) is 22.3 Å². The van der Waals surface area contributed by atoms with Crippen molar-refractivity contribution in [3.8, 4) is 28.3 Å². The Bertz CT molecular complexity index is 3100. The zero-order chi connectivity index (χ0) is 42.5. The van der Waals surface area contributed by atoms with Crippen LogP contribution in [0.3, 0.4) is 0 Å². The first-order valence-electron chi connectivity index (χ1n) is 20.9. The molecule has 0 amide bonds. The van der Waals surface area contributed by atoms with Gasteiger partial charge >= 0.3 is 0 Å². The molecule has 0 aliphatic carbocycles. The number of benzene rings is 10. The smallest absolute Gasteiger partial charge is 0.187 e. The molecule has 0 spiro atoms. The third-order valence-corrected chi connectivity index (χ3v) is 12.0. The standard InChI is InChI=1S/C58H42N4/c1-37-10-6-14-45(30-37)61(46-15-7-11-38(2)31-46)55-34-53(42-20-18-41(36-59)19-21-42)49-26-28-52-56(62(47-16-8-12-39(3)32-47)48-17-9-13-40(4)33-48)35-54(43-22-24-44(60-5)25-23-43)50-27-29-51(55)57(49)58(50)52/h6-35H,1-4H3.